The van der Waals surface area contributed by atoms with Crippen LogP contribution in [0.3, 0.4) is 0 Å². The quantitative estimate of drug-likeness (QED) is 0.488. The van der Waals surface area contributed by atoms with Crippen LogP contribution in [0.25, 0.3) is 0 Å². The molecule has 0 unspecified atom stereocenters. The number of hydrogen-bond acceptors (Lipinski definition) is 5. The Labute approximate surface area is 112 Å². The first-order valence-corrected chi connectivity index (χ1v) is 6.37. The Bertz CT molecular complexity index is 545. The van der Waals surface area contributed by atoms with Gasteiger partial charge in [-0.3, -0.25) is 10.1 Å². The number of hydrogen-bond donors (Lipinski definition) is 0. The van der Waals surface area contributed by atoms with Gasteiger partial charge in [0.15, 0.2) is 5.15 Å². The van der Waals surface area contributed by atoms with Crippen molar-refractivity contribution in [2.75, 3.05) is 0 Å². The van der Waals surface area contributed by atoms with Gasteiger partial charge in [-0.2, -0.15) is 5.10 Å². The summed E-state index contributed by atoms with van der Waals surface area (Å²) in [6, 6.07) is 9.87. The van der Waals surface area contributed by atoms with Crippen LogP contribution in [-0.4, -0.2) is 15.1 Å². The van der Waals surface area contributed by atoms with Crippen LogP contribution < -0.4 is 0 Å². The maximum absolute atomic E-state index is 10.5. The first-order chi connectivity index (χ1) is 8.65. The third-order valence-corrected chi connectivity index (χ3v) is 3.37. The van der Waals surface area contributed by atoms with E-state index in [1.807, 2.05) is 0 Å². The van der Waals surface area contributed by atoms with Crippen molar-refractivity contribution < 1.29 is 4.92 Å². The molecule has 0 amide bonds. The second-order valence-electron chi connectivity index (χ2n) is 3.39. The van der Waals surface area contributed by atoms with E-state index in [0.29, 0.717) is 10.9 Å². The smallest absolute Gasteiger partial charge is 0.258 e. The molecule has 0 N–H and O–H groups in total. The van der Waals surface area contributed by atoms with Crippen molar-refractivity contribution in [3.05, 3.63) is 57.4 Å². The molecule has 2 aromatic rings. The largest absolute Gasteiger partial charge is 0.269 e. The van der Waals surface area contributed by atoms with Crippen molar-refractivity contribution in [1.29, 1.82) is 0 Å². The summed E-state index contributed by atoms with van der Waals surface area (Å²) in [5.74, 6) is 0.641. The predicted molar refractivity (Wildman–Crippen MR) is 69.7 cm³/mol. The van der Waals surface area contributed by atoms with Crippen LogP contribution in [0.15, 0.2) is 41.3 Å². The number of thioether (sulfide) groups is 1. The molecule has 1 aromatic carbocycles. The molecule has 92 valence electrons. The molecule has 0 radical (unpaired) electrons. The summed E-state index contributed by atoms with van der Waals surface area (Å²) in [4.78, 5) is 11.0. The van der Waals surface area contributed by atoms with Crippen LogP contribution in [-0.2, 0) is 5.75 Å². The van der Waals surface area contributed by atoms with Gasteiger partial charge in [-0.1, -0.05) is 11.6 Å². The number of rotatable bonds is 4. The van der Waals surface area contributed by atoms with E-state index in [0.717, 1.165) is 10.6 Å². The fourth-order valence-electron chi connectivity index (χ4n) is 1.24. The highest BCUT2D eigenvalue weighted by Gasteiger charge is 2.04. The molecule has 0 atom stereocenters. The summed E-state index contributed by atoms with van der Waals surface area (Å²) in [6.45, 7) is 0. The first kappa shape index (κ1) is 12.8. The van der Waals surface area contributed by atoms with Crippen LogP contribution in [0.2, 0.25) is 5.15 Å². The van der Waals surface area contributed by atoms with Crippen molar-refractivity contribution >= 4 is 29.1 Å². The number of non-ortho nitro benzene ring substituents is 1. The first-order valence-electron chi connectivity index (χ1n) is 5.00. The van der Waals surface area contributed by atoms with Gasteiger partial charge in [-0.25, -0.2) is 0 Å². The Balaban J connectivity index is 1.97. The maximum Gasteiger partial charge on any atom is 0.269 e. The Kier molecular flexibility index (Phi) is 4.11. The average molecular weight is 282 g/mol. The van der Waals surface area contributed by atoms with Gasteiger partial charge in [0.25, 0.3) is 5.69 Å². The van der Waals surface area contributed by atoms with Gasteiger partial charge < -0.3 is 0 Å². The van der Waals surface area contributed by atoms with E-state index in [9.17, 15) is 10.1 Å². The van der Waals surface area contributed by atoms with E-state index < -0.39 is 4.92 Å². The fraction of sp³-hybridized carbons (Fsp3) is 0.0909. The van der Waals surface area contributed by atoms with Crippen LogP contribution in [0.4, 0.5) is 5.69 Å². The molecule has 2 rings (SSSR count). The van der Waals surface area contributed by atoms with E-state index in [-0.39, 0.29) is 5.69 Å². The number of benzene rings is 1. The molecule has 18 heavy (non-hydrogen) atoms. The van der Waals surface area contributed by atoms with E-state index in [1.165, 1.54) is 23.9 Å². The van der Waals surface area contributed by atoms with Crippen LogP contribution >= 0.6 is 23.4 Å². The van der Waals surface area contributed by atoms with E-state index in [4.69, 9.17) is 11.6 Å². The van der Waals surface area contributed by atoms with Gasteiger partial charge in [0.05, 0.1) is 10.6 Å². The molecular formula is C11H8ClN3O2S. The number of nitro benzene ring substituents is 1. The summed E-state index contributed by atoms with van der Waals surface area (Å²) >= 11 is 7.16. The summed E-state index contributed by atoms with van der Waals surface area (Å²) in [5, 5.41) is 18.5. The zero-order valence-corrected chi connectivity index (χ0v) is 10.7. The van der Waals surface area contributed by atoms with Gasteiger partial charge >= 0.3 is 0 Å². The Hall–Kier alpha value is -1.66. The minimum atomic E-state index is -0.418. The number of nitro groups is 1. The van der Waals surface area contributed by atoms with E-state index >= 15 is 0 Å². The molecular weight excluding hydrogens is 274 g/mol. The number of halogens is 1. The zero-order chi connectivity index (χ0) is 13.0. The van der Waals surface area contributed by atoms with Crippen molar-refractivity contribution in [2.45, 2.75) is 10.6 Å². The van der Waals surface area contributed by atoms with Crippen molar-refractivity contribution in [3.63, 3.8) is 0 Å². The third-order valence-electron chi connectivity index (χ3n) is 2.12. The highest BCUT2D eigenvalue weighted by atomic mass is 35.5. The van der Waals surface area contributed by atoms with Crippen LogP contribution in [0.1, 0.15) is 5.69 Å². The summed E-state index contributed by atoms with van der Waals surface area (Å²) in [7, 11) is 0. The molecule has 0 aliphatic rings. The molecule has 5 nitrogen and oxygen atoms in total. The van der Waals surface area contributed by atoms with Gasteiger partial charge in [0.2, 0.25) is 0 Å². The molecule has 0 aliphatic heterocycles. The monoisotopic (exact) mass is 281 g/mol. The Morgan fingerprint density at radius 2 is 1.89 bits per heavy atom. The standard InChI is InChI=1S/C11H8ClN3O2S/c12-11-6-1-8(13-14-11)7-18-10-4-2-9(3-5-10)15(16)17/h1-6H,7H2. The second-order valence-corrected chi connectivity index (χ2v) is 4.82. The minimum Gasteiger partial charge on any atom is -0.258 e. The molecule has 0 saturated carbocycles. The van der Waals surface area contributed by atoms with Crippen LogP contribution in [0, 0.1) is 10.1 Å². The molecule has 1 heterocycles. The molecule has 1 aromatic heterocycles. The molecule has 0 bridgehead atoms. The highest BCUT2D eigenvalue weighted by Crippen LogP contribution is 2.24. The average Bonchev–Trinajstić information content (AvgIpc) is 2.38. The van der Waals surface area contributed by atoms with Gasteiger partial charge in [-0.15, -0.1) is 16.9 Å². The SMILES string of the molecule is O=[N+]([O-])c1ccc(SCc2ccc(Cl)nn2)cc1. The normalized spacial score (nSPS) is 10.3. The minimum absolute atomic E-state index is 0.0886. The molecule has 0 spiro atoms. The van der Waals surface area contributed by atoms with Crippen molar-refractivity contribution in [1.82, 2.24) is 10.2 Å². The Morgan fingerprint density at radius 1 is 1.17 bits per heavy atom. The third kappa shape index (κ3) is 3.41. The molecule has 0 aliphatic carbocycles. The predicted octanol–water partition coefficient (Wildman–Crippen LogP) is 3.33. The van der Waals surface area contributed by atoms with Gasteiger partial charge in [0.1, 0.15) is 0 Å². The zero-order valence-electron chi connectivity index (χ0n) is 9.12. The van der Waals surface area contributed by atoms with Gasteiger partial charge in [-0.05, 0) is 24.3 Å². The Morgan fingerprint density at radius 3 is 2.44 bits per heavy atom. The van der Waals surface area contributed by atoms with Gasteiger partial charge in [0, 0.05) is 22.8 Å². The second kappa shape index (κ2) is 5.79. The lowest BCUT2D eigenvalue weighted by Crippen LogP contribution is -1.90. The fourth-order valence-corrected chi connectivity index (χ4v) is 2.14. The topological polar surface area (TPSA) is 68.9 Å². The summed E-state index contributed by atoms with van der Waals surface area (Å²) in [6.07, 6.45) is 0. The number of nitrogens with zero attached hydrogens (tertiary/aromatic N) is 3. The maximum atomic E-state index is 10.5. The van der Waals surface area contributed by atoms with Crippen LogP contribution in [0.5, 0.6) is 0 Å². The molecule has 7 heteroatoms. The summed E-state index contributed by atoms with van der Waals surface area (Å²) in [5.41, 5.74) is 0.897. The van der Waals surface area contributed by atoms with Crippen molar-refractivity contribution in [3.8, 4) is 0 Å². The number of aromatic nitrogens is 2. The summed E-state index contributed by atoms with van der Waals surface area (Å²) < 4.78 is 0. The van der Waals surface area contributed by atoms with E-state index in [1.54, 1.807) is 24.3 Å². The molecule has 0 saturated heterocycles. The lowest BCUT2D eigenvalue weighted by molar-refractivity contribution is -0.384. The van der Waals surface area contributed by atoms with Crippen molar-refractivity contribution in [2.24, 2.45) is 0 Å². The van der Waals surface area contributed by atoms with E-state index in [2.05, 4.69) is 10.2 Å². The lowest BCUT2D eigenvalue weighted by Gasteiger charge is -2.00. The lowest BCUT2D eigenvalue weighted by atomic mass is 10.3. The highest BCUT2D eigenvalue weighted by molar-refractivity contribution is 7.98. The molecule has 0 fully saturated rings.